The molecule has 3 aromatic rings. The third kappa shape index (κ3) is 4.46. The SMILES string of the molecule is C=CC(Cc1c2ccccc2c(P(=O)(OC)OC)n1CCc1ccccc1)C(C)C. The molecule has 1 unspecified atom stereocenters. The number of aryl methyl sites for hydroxylation is 1. The molecule has 2 aromatic carbocycles. The number of benzene rings is 2. The summed E-state index contributed by atoms with van der Waals surface area (Å²) >= 11 is 0. The molecular weight excluding hydrogens is 393 g/mol. The summed E-state index contributed by atoms with van der Waals surface area (Å²) in [6.45, 7) is 9.17. The molecule has 0 radical (unpaired) electrons. The van der Waals surface area contributed by atoms with Crippen LogP contribution in [0.2, 0.25) is 0 Å². The van der Waals surface area contributed by atoms with E-state index in [1.807, 2.05) is 42.5 Å². The fourth-order valence-electron chi connectivity index (χ4n) is 4.05. The first kappa shape index (κ1) is 22.6. The van der Waals surface area contributed by atoms with Crippen LogP contribution < -0.4 is 5.44 Å². The highest BCUT2D eigenvalue weighted by molar-refractivity contribution is 7.62. The highest BCUT2D eigenvalue weighted by Crippen LogP contribution is 2.48. The van der Waals surface area contributed by atoms with Crippen molar-refractivity contribution in [2.24, 2.45) is 11.8 Å². The summed E-state index contributed by atoms with van der Waals surface area (Å²) in [5.41, 5.74) is 3.03. The van der Waals surface area contributed by atoms with E-state index in [2.05, 4.69) is 43.2 Å². The van der Waals surface area contributed by atoms with E-state index >= 15 is 0 Å². The Morgan fingerprint density at radius 3 is 2.17 bits per heavy atom. The zero-order chi connectivity index (χ0) is 21.7. The molecule has 0 aliphatic rings. The quantitative estimate of drug-likeness (QED) is 0.296. The summed E-state index contributed by atoms with van der Waals surface area (Å²) in [6, 6.07) is 18.5. The fourth-order valence-corrected chi connectivity index (χ4v) is 5.55. The van der Waals surface area contributed by atoms with Crippen LogP contribution in [0.15, 0.2) is 67.3 Å². The standard InChI is InChI=1S/C25H32NO3P/c1-6-21(19(2)3)18-24-22-14-10-11-15-23(22)25(30(27,28-4)29-5)26(24)17-16-20-12-8-7-9-13-20/h6-15,19,21H,1,16-18H2,2-5H3. The Bertz CT molecular complexity index is 1030. The first-order valence-corrected chi connectivity index (χ1v) is 12.0. The molecule has 0 amide bonds. The van der Waals surface area contributed by atoms with Crippen molar-refractivity contribution in [3.05, 3.63) is 78.5 Å². The molecule has 1 atom stereocenters. The molecule has 0 fully saturated rings. The monoisotopic (exact) mass is 425 g/mol. The maximum Gasteiger partial charge on any atom is 0.377 e. The molecule has 0 saturated carbocycles. The number of fused-ring (bicyclic) bond motifs is 1. The molecule has 30 heavy (non-hydrogen) atoms. The van der Waals surface area contributed by atoms with E-state index in [9.17, 15) is 4.57 Å². The molecular formula is C25H32NO3P. The van der Waals surface area contributed by atoms with Crippen LogP contribution in [0.5, 0.6) is 0 Å². The van der Waals surface area contributed by atoms with Gasteiger partial charge in [-0.1, -0.05) is 74.5 Å². The molecule has 1 aromatic heterocycles. The number of hydrogen-bond acceptors (Lipinski definition) is 3. The van der Waals surface area contributed by atoms with Crippen molar-refractivity contribution in [1.82, 2.24) is 4.57 Å². The Kier molecular flexibility index (Phi) is 7.36. The Morgan fingerprint density at radius 2 is 1.60 bits per heavy atom. The van der Waals surface area contributed by atoms with Crippen LogP contribution in [0.25, 0.3) is 10.8 Å². The highest BCUT2D eigenvalue weighted by atomic mass is 31.2. The predicted octanol–water partition coefficient (Wildman–Crippen LogP) is 6.00. The van der Waals surface area contributed by atoms with Crippen molar-refractivity contribution < 1.29 is 13.6 Å². The van der Waals surface area contributed by atoms with Gasteiger partial charge in [0.1, 0.15) is 5.44 Å². The van der Waals surface area contributed by atoms with E-state index in [0.717, 1.165) is 29.3 Å². The molecule has 0 spiro atoms. The summed E-state index contributed by atoms with van der Waals surface area (Å²) in [7, 11) is -0.551. The lowest BCUT2D eigenvalue weighted by Gasteiger charge is -2.22. The Balaban J connectivity index is 2.20. The van der Waals surface area contributed by atoms with Crippen molar-refractivity contribution in [1.29, 1.82) is 0 Å². The Labute approximate surface area is 180 Å². The summed E-state index contributed by atoms with van der Waals surface area (Å²) in [6.07, 6.45) is 3.68. The maximum atomic E-state index is 13.6. The summed E-state index contributed by atoms with van der Waals surface area (Å²) in [4.78, 5) is 0. The smallest absolute Gasteiger partial charge is 0.337 e. The summed E-state index contributed by atoms with van der Waals surface area (Å²) in [5, 5.41) is 2.03. The van der Waals surface area contributed by atoms with Crippen LogP contribution in [0.4, 0.5) is 0 Å². The second kappa shape index (κ2) is 9.78. The van der Waals surface area contributed by atoms with E-state index in [0.29, 0.717) is 23.8 Å². The van der Waals surface area contributed by atoms with Gasteiger partial charge in [-0.15, -0.1) is 6.58 Å². The van der Waals surface area contributed by atoms with Crippen molar-refractivity contribution in [2.75, 3.05) is 14.2 Å². The Hall–Kier alpha value is -2.13. The average Bonchev–Trinajstić information content (AvgIpc) is 3.09. The van der Waals surface area contributed by atoms with Crippen LogP contribution in [-0.2, 0) is 33.0 Å². The zero-order valence-corrected chi connectivity index (χ0v) is 19.3. The van der Waals surface area contributed by atoms with Gasteiger partial charge in [-0.3, -0.25) is 4.57 Å². The van der Waals surface area contributed by atoms with Gasteiger partial charge in [-0.25, -0.2) is 0 Å². The number of allylic oxidation sites excluding steroid dienone is 1. The molecule has 0 bridgehead atoms. The van der Waals surface area contributed by atoms with E-state index in [-0.39, 0.29) is 0 Å². The van der Waals surface area contributed by atoms with Crippen molar-refractivity contribution in [3.63, 3.8) is 0 Å². The molecule has 0 aliphatic heterocycles. The normalized spacial score (nSPS) is 13.1. The van der Waals surface area contributed by atoms with Crippen molar-refractivity contribution in [3.8, 4) is 0 Å². The van der Waals surface area contributed by atoms with E-state index < -0.39 is 7.60 Å². The van der Waals surface area contributed by atoms with Crippen molar-refractivity contribution >= 4 is 23.8 Å². The van der Waals surface area contributed by atoms with Crippen LogP contribution in [0, 0.1) is 11.8 Å². The average molecular weight is 426 g/mol. The van der Waals surface area contributed by atoms with Gasteiger partial charge in [0.25, 0.3) is 0 Å². The lowest BCUT2D eigenvalue weighted by Crippen LogP contribution is -2.24. The van der Waals surface area contributed by atoms with Crippen LogP contribution >= 0.6 is 7.60 Å². The zero-order valence-electron chi connectivity index (χ0n) is 18.4. The van der Waals surface area contributed by atoms with E-state index in [1.54, 1.807) is 0 Å². The van der Waals surface area contributed by atoms with Gasteiger partial charge in [0.15, 0.2) is 0 Å². The van der Waals surface area contributed by atoms with Gasteiger partial charge in [0.05, 0.1) is 0 Å². The maximum absolute atomic E-state index is 13.6. The fraction of sp³-hybridized carbons (Fsp3) is 0.360. The van der Waals surface area contributed by atoms with Gasteiger partial charge in [0.2, 0.25) is 0 Å². The summed E-state index contributed by atoms with van der Waals surface area (Å²) in [5.74, 6) is 0.773. The second-order valence-electron chi connectivity index (χ2n) is 7.91. The molecule has 0 saturated heterocycles. The van der Waals surface area contributed by atoms with Gasteiger partial charge in [-0.05, 0) is 30.2 Å². The minimum absolute atomic E-state index is 0.316. The minimum Gasteiger partial charge on any atom is -0.337 e. The third-order valence-electron chi connectivity index (χ3n) is 5.86. The number of rotatable bonds is 10. The largest absolute Gasteiger partial charge is 0.377 e. The first-order valence-electron chi connectivity index (χ1n) is 10.4. The molecule has 3 rings (SSSR count). The lowest BCUT2D eigenvalue weighted by atomic mass is 9.90. The molecule has 160 valence electrons. The molecule has 0 N–H and O–H groups in total. The Morgan fingerprint density at radius 1 is 1.00 bits per heavy atom. The number of hydrogen-bond donors (Lipinski definition) is 0. The molecule has 4 nitrogen and oxygen atoms in total. The van der Waals surface area contributed by atoms with Gasteiger partial charge in [-0.2, -0.15) is 0 Å². The van der Waals surface area contributed by atoms with Crippen molar-refractivity contribution in [2.45, 2.75) is 33.2 Å². The number of aromatic nitrogens is 1. The minimum atomic E-state index is -3.46. The van der Waals surface area contributed by atoms with Gasteiger partial charge >= 0.3 is 7.60 Å². The molecule has 0 aliphatic carbocycles. The van der Waals surface area contributed by atoms with Gasteiger partial charge in [0, 0.05) is 37.2 Å². The van der Waals surface area contributed by atoms with E-state index in [4.69, 9.17) is 9.05 Å². The van der Waals surface area contributed by atoms with Crippen LogP contribution in [0.1, 0.15) is 25.1 Å². The van der Waals surface area contributed by atoms with Crippen LogP contribution in [0.3, 0.4) is 0 Å². The third-order valence-corrected chi connectivity index (χ3v) is 7.82. The first-order chi connectivity index (χ1) is 14.4. The topological polar surface area (TPSA) is 40.5 Å². The second-order valence-corrected chi connectivity index (χ2v) is 10.1. The van der Waals surface area contributed by atoms with E-state index in [1.165, 1.54) is 19.8 Å². The van der Waals surface area contributed by atoms with Gasteiger partial charge < -0.3 is 13.6 Å². The number of nitrogens with zero attached hydrogens (tertiary/aromatic N) is 1. The summed E-state index contributed by atoms with van der Waals surface area (Å²) < 4.78 is 26.7. The predicted molar refractivity (Wildman–Crippen MR) is 126 cm³/mol. The molecule has 5 heteroatoms. The lowest BCUT2D eigenvalue weighted by molar-refractivity contribution is 0.285. The molecule has 1 heterocycles. The van der Waals surface area contributed by atoms with Crippen LogP contribution in [-0.4, -0.2) is 18.8 Å². The highest BCUT2D eigenvalue weighted by Gasteiger charge is 2.34.